The van der Waals surface area contributed by atoms with Crippen molar-refractivity contribution in [1.82, 2.24) is 0 Å². The zero-order valence-electron chi connectivity index (χ0n) is 17.2. The Morgan fingerprint density at radius 1 is 1.04 bits per heavy atom. The Kier molecular flexibility index (Phi) is 10.5. The highest BCUT2D eigenvalue weighted by Gasteiger charge is 2.45. The van der Waals surface area contributed by atoms with Gasteiger partial charge in [0.05, 0.1) is 44.3 Å². The van der Waals surface area contributed by atoms with Gasteiger partial charge in [-0.25, -0.2) is 0 Å². The van der Waals surface area contributed by atoms with E-state index in [1.807, 2.05) is 20.8 Å². The van der Waals surface area contributed by atoms with E-state index in [2.05, 4.69) is 0 Å². The highest BCUT2D eigenvalue weighted by molar-refractivity contribution is 7.53. The topological polar surface area (TPSA) is 144 Å². The second-order valence-corrected chi connectivity index (χ2v) is 10.3. The van der Waals surface area contributed by atoms with Gasteiger partial charge in [-0.2, -0.15) is 0 Å². The lowest BCUT2D eigenvalue weighted by Crippen LogP contribution is -2.60. The molecular formula is C17H35O10P. The maximum absolute atomic E-state index is 11.7. The molecule has 1 heterocycles. The predicted octanol–water partition coefficient (Wildman–Crippen LogP) is 0.253. The van der Waals surface area contributed by atoms with E-state index in [0.29, 0.717) is 0 Å². The van der Waals surface area contributed by atoms with E-state index in [4.69, 9.17) is 23.5 Å². The van der Waals surface area contributed by atoms with Gasteiger partial charge >= 0.3 is 7.60 Å². The van der Waals surface area contributed by atoms with Crippen molar-refractivity contribution in [3.63, 3.8) is 0 Å². The third kappa shape index (κ3) is 8.31. The summed E-state index contributed by atoms with van der Waals surface area (Å²) in [4.78, 5) is 9.61. The molecule has 0 aliphatic carbocycles. The Balaban J connectivity index is 2.50. The van der Waals surface area contributed by atoms with E-state index in [0.717, 1.165) is 0 Å². The van der Waals surface area contributed by atoms with Gasteiger partial charge < -0.3 is 43.7 Å². The van der Waals surface area contributed by atoms with Gasteiger partial charge in [0.1, 0.15) is 24.4 Å². The fourth-order valence-corrected chi connectivity index (χ4v) is 3.04. The number of rotatable bonds is 11. The molecule has 0 bridgehead atoms. The molecule has 6 atom stereocenters. The van der Waals surface area contributed by atoms with E-state index in [9.17, 15) is 24.8 Å². The van der Waals surface area contributed by atoms with Gasteiger partial charge in [0, 0.05) is 0 Å². The van der Waals surface area contributed by atoms with E-state index < -0.39 is 50.6 Å². The van der Waals surface area contributed by atoms with Gasteiger partial charge in [0.2, 0.25) is 0 Å². The molecule has 1 aliphatic heterocycles. The van der Waals surface area contributed by atoms with Crippen LogP contribution in [-0.4, -0.2) is 95.2 Å². The molecule has 11 heteroatoms. The highest BCUT2D eigenvalue weighted by atomic mass is 31.2. The molecule has 0 radical (unpaired) electrons. The smallest absolute Gasteiger partial charge is 0.330 e. The zero-order valence-corrected chi connectivity index (χ0v) is 18.1. The monoisotopic (exact) mass is 430 g/mol. The van der Waals surface area contributed by atoms with Crippen LogP contribution in [0.2, 0.25) is 0 Å². The average Bonchev–Trinajstić information content (AvgIpc) is 2.59. The second-order valence-electron chi connectivity index (χ2n) is 7.86. The normalized spacial score (nSPS) is 31.1. The Bertz CT molecular complexity index is 493. The van der Waals surface area contributed by atoms with Crippen molar-refractivity contribution < 1.29 is 48.2 Å². The number of hydrogen-bond acceptors (Lipinski definition) is 9. The summed E-state index contributed by atoms with van der Waals surface area (Å²) in [5.74, 6) is 0. The molecule has 1 saturated heterocycles. The highest BCUT2D eigenvalue weighted by Crippen LogP contribution is 2.46. The molecule has 1 rings (SSSR count). The quantitative estimate of drug-likeness (QED) is 0.266. The lowest BCUT2D eigenvalue weighted by molar-refractivity contribution is -0.309. The summed E-state index contributed by atoms with van der Waals surface area (Å²) in [7, 11) is -3.73. The minimum absolute atomic E-state index is 0.128. The first kappa shape index (κ1) is 25.9. The predicted molar refractivity (Wildman–Crippen MR) is 100 cm³/mol. The van der Waals surface area contributed by atoms with Crippen molar-refractivity contribution in [2.45, 2.75) is 76.6 Å². The van der Waals surface area contributed by atoms with Gasteiger partial charge in [-0.15, -0.1) is 0 Å². The van der Waals surface area contributed by atoms with Crippen molar-refractivity contribution in [3.8, 4) is 0 Å². The van der Waals surface area contributed by atoms with E-state index in [1.165, 1.54) is 0 Å². The molecule has 1 aliphatic rings. The van der Waals surface area contributed by atoms with E-state index in [-0.39, 0.29) is 32.0 Å². The maximum atomic E-state index is 11.7. The number of aliphatic hydroxyl groups is 3. The van der Waals surface area contributed by atoms with Gasteiger partial charge in [0.25, 0.3) is 0 Å². The molecule has 0 aromatic heterocycles. The third-order valence-electron chi connectivity index (χ3n) is 4.04. The molecule has 0 saturated carbocycles. The number of hydrogen-bond donors (Lipinski definition) is 4. The van der Waals surface area contributed by atoms with Crippen LogP contribution in [0, 0.1) is 0 Å². The zero-order chi connectivity index (χ0) is 21.5. The third-order valence-corrected chi connectivity index (χ3v) is 5.90. The number of aliphatic hydroxyl groups excluding tert-OH is 3. The van der Waals surface area contributed by atoms with Crippen LogP contribution in [0.5, 0.6) is 0 Å². The summed E-state index contributed by atoms with van der Waals surface area (Å²) in [6.07, 6.45) is -5.93. The van der Waals surface area contributed by atoms with Crippen LogP contribution in [0.4, 0.5) is 0 Å². The number of ether oxygens (including phenoxy) is 4. The van der Waals surface area contributed by atoms with Gasteiger partial charge in [-0.05, 0) is 20.8 Å². The SMILES string of the molecule is CC(C)P(=O)(O)OCCOC1C(CO)OC(OCCOC(C)(C)C)C(O)C1O. The van der Waals surface area contributed by atoms with Crippen molar-refractivity contribution in [2.75, 3.05) is 33.0 Å². The Labute approximate surface area is 166 Å². The van der Waals surface area contributed by atoms with Crippen LogP contribution in [0.15, 0.2) is 0 Å². The van der Waals surface area contributed by atoms with Gasteiger partial charge in [0.15, 0.2) is 6.29 Å². The molecular weight excluding hydrogens is 395 g/mol. The fraction of sp³-hybridized carbons (Fsp3) is 1.00. The van der Waals surface area contributed by atoms with Crippen LogP contribution in [0.3, 0.4) is 0 Å². The standard InChI is InChI=1S/C17H35O10P/c1-11(2)28(21,22)26-9-7-23-15-12(10-18)27-16(14(20)13(15)19)24-6-8-25-17(3,4)5/h11-16,18-20H,6-10H2,1-5H3,(H,21,22). The first-order valence-electron chi connectivity index (χ1n) is 9.35. The van der Waals surface area contributed by atoms with Crippen LogP contribution in [0.25, 0.3) is 0 Å². The Morgan fingerprint density at radius 2 is 1.64 bits per heavy atom. The van der Waals surface area contributed by atoms with E-state index in [1.54, 1.807) is 13.8 Å². The minimum Gasteiger partial charge on any atom is -0.394 e. The lowest BCUT2D eigenvalue weighted by Gasteiger charge is -2.41. The molecule has 10 nitrogen and oxygen atoms in total. The summed E-state index contributed by atoms with van der Waals surface area (Å²) in [5.41, 5.74) is -0.888. The summed E-state index contributed by atoms with van der Waals surface area (Å²) in [5, 5.41) is 30.1. The van der Waals surface area contributed by atoms with Crippen molar-refractivity contribution in [2.24, 2.45) is 0 Å². The maximum Gasteiger partial charge on any atom is 0.330 e. The van der Waals surface area contributed by atoms with Crippen molar-refractivity contribution >= 4 is 7.60 Å². The summed E-state index contributed by atoms with van der Waals surface area (Å²) in [6, 6.07) is 0. The molecule has 1 fully saturated rings. The average molecular weight is 430 g/mol. The molecule has 0 amide bonds. The van der Waals surface area contributed by atoms with E-state index >= 15 is 0 Å². The molecule has 6 unspecified atom stereocenters. The van der Waals surface area contributed by atoms with Gasteiger partial charge in [-0.1, -0.05) is 13.8 Å². The minimum atomic E-state index is -3.73. The fourth-order valence-electron chi connectivity index (χ4n) is 2.41. The molecule has 0 spiro atoms. The summed E-state index contributed by atoms with van der Waals surface area (Å²) < 4.78 is 38.5. The van der Waals surface area contributed by atoms with Crippen LogP contribution < -0.4 is 0 Å². The largest absolute Gasteiger partial charge is 0.394 e. The van der Waals surface area contributed by atoms with Crippen LogP contribution in [0.1, 0.15) is 34.6 Å². The summed E-state index contributed by atoms with van der Waals surface area (Å²) >= 11 is 0. The Hall–Kier alpha value is -0.130. The molecule has 168 valence electrons. The van der Waals surface area contributed by atoms with Crippen LogP contribution in [-0.2, 0) is 28.0 Å². The van der Waals surface area contributed by atoms with Crippen LogP contribution >= 0.6 is 7.60 Å². The molecule has 28 heavy (non-hydrogen) atoms. The first-order valence-corrected chi connectivity index (χ1v) is 11.0. The second kappa shape index (κ2) is 11.3. The van der Waals surface area contributed by atoms with Gasteiger partial charge in [-0.3, -0.25) is 4.57 Å². The van der Waals surface area contributed by atoms with Crippen molar-refractivity contribution in [3.05, 3.63) is 0 Å². The first-order chi connectivity index (χ1) is 12.9. The van der Waals surface area contributed by atoms with Crippen molar-refractivity contribution in [1.29, 1.82) is 0 Å². The summed E-state index contributed by atoms with van der Waals surface area (Å²) in [6.45, 7) is 8.42. The molecule has 0 aromatic rings. The Morgan fingerprint density at radius 3 is 2.18 bits per heavy atom. The molecule has 4 N–H and O–H groups in total. The molecule has 0 aromatic carbocycles. The lowest BCUT2D eigenvalue weighted by atomic mass is 9.99.